The Kier molecular flexibility index (Phi) is 3.43. The second-order valence-corrected chi connectivity index (χ2v) is 4.62. The van der Waals surface area contributed by atoms with Crippen molar-refractivity contribution in [1.29, 1.82) is 0 Å². The van der Waals surface area contributed by atoms with Crippen LogP contribution < -0.4 is 10.5 Å². The first kappa shape index (κ1) is 10.6. The van der Waals surface area contributed by atoms with Crippen LogP contribution in [0.5, 0.6) is 5.88 Å². The summed E-state index contributed by atoms with van der Waals surface area (Å²) in [4.78, 5) is 7.84. The van der Waals surface area contributed by atoms with Crippen molar-refractivity contribution in [3.8, 4) is 5.88 Å². The fourth-order valence-corrected chi connectivity index (χ4v) is 1.12. The second-order valence-electron chi connectivity index (χ2n) is 3.45. The fraction of sp³-hybridized carbons (Fsp3) is 0.500. The van der Waals surface area contributed by atoms with Gasteiger partial charge in [0, 0.05) is 11.7 Å². The first-order valence-corrected chi connectivity index (χ1v) is 4.94. The van der Waals surface area contributed by atoms with Crippen LogP contribution in [0.1, 0.15) is 13.8 Å². The van der Waals surface area contributed by atoms with Crippen molar-refractivity contribution in [2.24, 2.45) is 5.73 Å². The summed E-state index contributed by atoms with van der Waals surface area (Å²) in [7, 11) is 0. The van der Waals surface area contributed by atoms with E-state index in [1.807, 2.05) is 13.8 Å². The van der Waals surface area contributed by atoms with Crippen LogP contribution in [0.25, 0.3) is 0 Å². The minimum absolute atomic E-state index is 0.339. The maximum Gasteiger partial charge on any atom is 0.230 e. The smallest absolute Gasteiger partial charge is 0.230 e. The molecule has 5 heteroatoms. The predicted octanol–water partition coefficient (Wildman–Crippen LogP) is 1.20. The zero-order chi connectivity index (χ0) is 9.90. The second kappa shape index (κ2) is 4.19. The van der Waals surface area contributed by atoms with Crippen molar-refractivity contribution < 1.29 is 4.74 Å². The molecule has 0 aliphatic carbocycles. The van der Waals surface area contributed by atoms with E-state index in [9.17, 15) is 0 Å². The fourth-order valence-electron chi connectivity index (χ4n) is 0.662. The molecule has 0 atom stereocenters. The van der Waals surface area contributed by atoms with Crippen LogP contribution in [-0.4, -0.2) is 22.1 Å². The zero-order valence-corrected chi connectivity index (χ0v) is 9.78. The molecule has 0 fully saturated rings. The lowest BCUT2D eigenvalue weighted by Crippen LogP contribution is -2.38. The van der Waals surface area contributed by atoms with Crippen molar-refractivity contribution in [2.45, 2.75) is 19.4 Å². The maximum absolute atomic E-state index is 5.76. The molecule has 1 rings (SSSR count). The number of rotatable bonds is 3. The number of hydrogen-bond donors (Lipinski definition) is 1. The molecular weight excluding hydrogens is 281 g/mol. The van der Waals surface area contributed by atoms with Gasteiger partial charge in [-0.1, -0.05) is 0 Å². The molecule has 4 nitrogen and oxygen atoms in total. The van der Waals surface area contributed by atoms with Gasteiger partial charge in [0.1, 0.15) is 12.9 Å². The van der Waals surface area contributed by atoms with E-state index in [-0.39, 0.29) is 5.54 Å². The Bertz CT molecular complexity index is 285. The van der Waals surface area contributed by atoms with Crippen LogP contribution in [0.2, 0.25) is 0 Å². The Balaban J connectivity index is 2.60. The number of aromatic nitrogens is 2. The molecule has 0 saturated heterocycles. The third-order valence-corrected chi connectivity index (χ3v) is 1.95. The lowest BCUT2D eigenvalue weighted by molar-refractivity contribution is 0.233. The first-order chi connectivity index (χ1) is 5.99. The number of ether oxygens (including phenoxy) is 1. The van der Waals surface area contributed by atoms with Crippen LogP contribution in [0, 0.1) is 3.57 Å². The monoisotopic (exact) mass is 293 g/mol. The Labute approximate surface area is 91.0 Å². The summed E-state index contributed by atoms with van der Waals surface area (Å²) in [5, 5.41) is 0. The number of hydrogen-bond acceptors (Lipinski definition) is 4. The molecule has 1 aromatic rings. The van der Waals surface area contributed by atoms with E-state index in [4.69, 9.17) is 10.5 Å². The predicted molar refractivity (Wildman–Crippen MR) is 58.5 cm³/mol. The van der Waals surface area contributed by atoms with Gasteiger partial charge in [-0.25, -0.2) is 9.97 Å². The van der Waals surface area contributed by atoms with E-state index in [1.165, 1.54) is 6.33 Å². The van der Waals surface area contributed by atoms with Crippen LogP contribution in [0.15, 0.2) is 12.5 Å². The van der Waals surface area contributed by atoms with Crippen molar-refractivity contribution >= 4 is 22.6 Å². The van der Waals surface area contributed by atoms with E-state index in [1.54, 1.807) is 6.20 Å². The van der Waals surface area contributed by atoms with E-state index in [0.29, 0.717) is 12.5 Å². The summed E-state index contributed by atoms with van der Waals surface area (Å²) in [5.41, 5.74) is 5.42. The molecular formula is C8H12IN3O. The molecule has 72 valence electrons. The van der Waals surface area contributed by atoms with E-state index in [2.05, 4.69) is 32.6 Å². The highest BCUT2D eigenvalue weighted by Gasteiger charge is 2.12. The normalized spacial score (nSPS) is 11.4. The average molecular weight is 293 g/mol. The maximum atomic E-state index is 5.76. The molecule has 0 spiro atoms. The molecule has 0 aromatic carbocycles. The van der Waals surface area contributed by atoms with E-state index in [0.717, 1.165) is 3.57 Å². The molecule has 1 aromatic heterocycles. The highest BCUT2D eigenvalue weighted by atomic mass is 127. The van der Waals surface area contributed by atoms with Gasteiger partial charge in [-0.3, -0.25) is 0 Å². The summed E-state index contributed by atoms with van der Waals surface area (Å²) in [6.07, 6.45) is 3.16. The van der Waals surface area contributed by atoms with Gasteiger partial charge in [0.2, 0.25) is 5.88 Å². The molecule has 0 aliphatic heterocycles. The number of nitrogens with two attached hydrogens (primary N) is 1. The summed E-state index contributed by atoms with van der Waals surface area (Å²) >= 11 is 2.12. The van der Waals surface area contributed by atoms with Gasteiger partial charge in [0.15, 0.2) is 0 Å². The molecule has 0 saturated carbocycles. The van der Waals surface area contributed by atoms with Crippen LogP contribution in [0.4, 0.5) is 0 Å². The molecule has 0 aliphatic rings. The van der Waals surface area contributed by atoms with Gasteiger partial charge in [0.25, 0.3) is 0 Å². The summed E-state index contributed by atoms with van der Waals surface area (Å²) < 4.78 is 6.31. The van der Waals surface area contributed by atoms with Crippen LogP contribution >= 0.6 is 22.6 Å². The van der Waals surface area contributed by atoms with E-state index >= 15 is 0 Å². The topological polar surface area (TPSA) is 61.0 Å². The van der Waals surface area contributed by atoms with E-state index < -0.39 is 0 Å². The van der Waals surface area contributed by atoms with Gasteiger partial charge in [-0.2, -0.15) is 0 Å². The SMILES string of the molecule is CC(C)(N)COc1ncncc1I. The standard InChI is InChI=1S/C8H12IN3O/c1-8(2,10)4-13-7-6(9)3-11-5-12-7/h3,5H,4,10H2,1-2H3. The Morgan fingerprint density at radius 3 is 2.85 bits per heavy atom. The third kappa shape index (κ3) is 3.86. The van der Waals surface area contributed by atoms with Gasteiger partial charge >= 0.3 is 0 Å². The lowest BCUT2D eigenvalue weighted by Gasteiger charge is -2.18. The lowest BCUT2D eigenvalue weighted by atomic mass is 10.1. The summed E-state index contributed by atoms with van der Waals surface area (Å²) in [6.45, 7) is 4.25. The minimum atomic E-state index is -0.339. The Hall–Kier alpha value is -0.430. The molecule has 0 bridgehead atoms. The quantitative estimate of drug-likeness (QED) is 0.851. The minimum Gasteiger partial charge on any atom is -0.475 e. The average Bonchev–Trinajstić information content (AvgIpc) is 2.01. The molecule has 2 N–H and O–H groups in total. The van der Waals surface area contributed by atoms with Gasteiger partial charge < -0.3 is 10.5 Å². The summed E-state index contributed by atoms with van der Waals surface area (Å²) in [5.74, 6) is 0.592. The van der Waals surface area contributed by atoms with Gasteiger partial charge in [-0.15, -0.1) is 0 Å². The molecule has 0 radical (unpaired) electrons. The highest BCUT2D eigenvalue weighted by molar-refractivity contribution is 14.1. The largest absolute Gasteiger partial charge is 0.475 e. The summed E-state index contributed by atoms with van der Waals surface area (Å²) in [6, 6.07) is 0. The van der Waals surface area contributed by atoms with Crippen molar-refractivity contribution in [3.63, 3.8) is 0 Å². The Morgan fingerprint density at radius 2 is 2.31 bits per heavy atom. The molecule has 0 unspecified atom stereocenters. The Morgan fingerprint density at radius 1 is 1.62 bits per heavy atom. The molecule has 1 heterocycles. The molecule has 0 amide bonds. The zero-order valence-electron chi connectivity index (χ0n) is 7.62. The van der Waals surface area contributed by atoms with Crippen LogP contribution in [-0.2, 0) is 0 Å². The molecule has 13 heavy (non-hydrogen) atoms. The first-order valence-electron chi connectivity index (χ1n) is 3.86. The third-order valence-electron chi connectivity index (χ3n) is 1.21. The van der Waals surface area contributed by atoms with Crippen molar-refractivity contribution in [2.75, 3.05) is 6.61 Å². The van der Waals surface area contributed by atoms with Gasteiger partial charge in [-0.05, 0) is 36.4 Å². The van der Waals surface area contributed by atoms with Crippen molar-refractivity contribution in [3.05, 3.63) is 16.1 Å². The van der Waals surface area contributed by atoms with Gasteiger partial charge in [0.05, 0.1) is 3.57 Å². The number of nitrogens with zero attached hydrogens (tertiary/aromatic N) is 2. The number of halogens is 1. The highest BCUT2D eigenvalue weighted by Crippen LogP contribution is 2.15. The van der Waals surface area contributed by atoms with Crippen molar-refractivity contribution in [1.82, 2.24) is 9.97 Å². The van der Waals surface area contributed by atoms with Crippen LogP contribution in [0.3, 0.4) is 0 Å².